The molecule has 0 atom stereocenters. The van der Waals surface area contributed by atoms with Crippen LogP contribution in [0.1, 0.15) is 27.0 Å². The summed E-state index contributed by atoms with van der Waals surface area (Å²) in [5.41, 5.74) is -1.58. The number of anilines is 1. The minimum Gasteiger partial charge on any atom is -0.298 e. The molecule has 1 amide bonds. The van der Waals surface area contributed by atoms with E-state index < -0.39 is 35.0 Å². The summed E-state index contributed by atoms with van der Waals surface area (Å²) in [7, 11) is 0. The van der Waals surface area contributed by atoms with Crippen LogP contribution in [0.15, 0.2) is 47.8 Å². The fourth-order valence-electron chi connectivity index (χ4n) is 2.44. The second-order valence-electron chi connectivity index (χ2n) is 6.15. The van der Waals surface area contributed by atoms with Gasteiger partial charge in [0.05, 0.1) is 16.8 Å². The SMILES string of the molecule is Cc1ccc(-c2csc(NC(=O)c3cc(C(F)(F)F)cc(C(F)(F)F)c3)n2)cc1. The van der Waals surface area contributed by atoms with Gasteiger partial charge in [-0.25, -0.2) is 4.98 Å². The van der Waals surface area contributed by atoms with E-state index in [2.05, 4.69) is 10.3 Å². The minimum absolute atomic E-state index is 0.0321. The predicted molar refractivity (Wildman–Crippen MR) is 96.7 cm³/mol. The average Bonchev–Trinajstić information content (AvgIpc) is 3.09. The highest BCUT2D eigenvalue weighted by Gasteiger charge is 2.37. The fraction of sp³-hybridized carbons (Fsp3) is 0.158. The van der Waals surface area contributed by atoms with Crippen molar-refractivity contribution in [2.75, 3.05) is 5.32 Å². The van der Waals surface area contributed by atoms with Gasteiger partial charge in [-0.15, -0.1) is 11.3 Å². The van der Waals surface area contributed by atoms with E-state index in [-0.39, 0.29) is 11.2 Å². The molecular weight excluding hydrogens is 418 g/mol. The maximum absolute atomic E-state index is 12.9. The first-order valence-corrected chi connectivity index (χ1v) is 8.95. The van der Waals surface area contributed by atoms with Crippen molar-refractivity contribution in [2.24, 2.45) is 0 Å². The van der Waals surface area contributed by atoms with E-state index in [1.165, 1.54) is 0 Å². The number of benzene rings is 2. The number of thiazole rings is 1. The quantitative estimate of drug-likeness (QED) is 0.488. The molecule has 0 aliphatic rings. The third-order valence-corrected chi connectivity index (χ3v) is 4.68. The van der Waals surface area contributed by atoms with Gasteiger partial charge >= 0.3 is 12.4 Å². The van der Waals surface area contributed by atoms with Crippen LogP contribution in [-0.2, 0) is 12.4 Å². The highest BCUT2D eigenvalue weighted by Crippen LogP contribution is 2.36. The van der Waals surface area contributed by atoms with Gasteiger partial charge in [-0.3, -0.25) is 10.1 Å². The zero-order valence-corrected chi connectivity index (χ0v) is 15.5. The Labute approximate surface area is 165 Å². The second-order valence-corrected chi connectivity index (χ2v) is 7.01. The first-order chi connectivity index (χ1) is 13.4. The molecule has 3 aromatic rings. The Morgan fingerprint density at radius 2 is 1.48 bits per heavy atom. The smallest absolute Gasteiger partial charge is 0.298 e. The van der Waals surface area contributed by atoms with Crippen LogP contribution in [0.2, 0.25) is 0 Å². The maximum Gasteiger partial charge on any atom is 0.416 e. The summed E-state index contributed by atoms with van der Waals surface area (Å²) in [5, 5.41) is 3.92. The monoisotopic (exact) mass is 430 g/mol. The van der Waals surface area contributed by atoms with E-state index in [0.29, 0.717) is 17.8 Å². The zero-order valence-electron chi connectivity index (χ0n) is 14.7. The predicted octanol–water partition coefficient (Wildman–Crippen LogP) is 6.41. The van der Waals surface area contributed by atoms with Crippen molar-refractivity contribution >= 4 is 22.4 Å². The summed E-state index contributed by atoms with van der Waals surface area (Å²) in [6, 6.07) is 8.03. The largest absolute Gasteiger partial charge is 0.416 e. The van der Waals surface area contributed by atoms with Crippen LogP contribution in [-0.4, -0.2) is 10.9 Å². The van der Waals surface area contributed by atoms with Gasteiger partial charge in [-0.1, -0.05) is 29.8 Å². The van der Waals surface area contributed by atoms with Gasteiger partial charge in [0.25, 0.3) is 5.91 Å². The van der Waals surface area contributed by atoms with Gasteiger partial charge in [0.15, 0.2) is 5.13 Å². The summed E-state index contributed by atoms with van der Waals surface area (Å²) in [6.45, 7) is 1.90. The number of hydrogen-bond donors (Lipinski definition) is 1. The van der Waals surface area contributed by atoms with Crippen molar-refractivity contribution in [3.8, 4) is 11.3 Å². The van der Waals surface area contributed by atoms with Gasteiger partial charge < -0.3 is 0 Å². The topological polar surface area (TPSA) is 42.0 Å². The molecule has 3 nitrogen and oxygen atoms in total. The van der Waals surface area contributed by atoms with Crippen molar-refractivity contribution in [1.29, 1.82) is 0 Å². The van der Waals surface area contributed by atoms with E-state index in [9.17, 15) is 31.1 Å². The summed E-state index contributed by atoms with van der Waals surface area (Å²) in [5.74, 6) is -1.12. The van der Waals surface area contributed by atoms with Crippen molar-refractivity contribution in [2.45, 2.75) is 19.3 Å². The fourth-order valence-corrected chi connectivity index (χ4v) is 3.16. The Balaban J connectivity index is 1.88. The molecule has 0 saturated heterocycles. The van der Waals surface area contributed by atoms with Gasteiger partial charge in [-0.2, -0.15) is 26.3 Å². The molecule has 1 heterocycles. The second kappa shape index (κ2) is 7.51. The molecule has 3 rings (SSSR count). The Morgan fingerprint density at radius 1 is 0.931 bits per heavy atom. The minimum atomic E-state index is -5.03. The number of aryl methyl sites for hydroxylation is 1. The lowest BCUT2D eigenvalue weighted by Gasteiger charge is -2.13. The Hall–Kier alpha value is -2.88. The Bertz CT molecular complexity index is 1010. The molecule has 0 unspecified atom stereocenters. The first-order valence-electron chi connectivity index (χ1n) is 8.07. The van der Waals surface area contributed by atoms with Crippen LogP contribution in [0.25, 0.3) is 11.3 Å². The number of nitrogens with zero attached hydrogens (tertiary/aromatic N) is 1. The lowest BCUT2D eigenvalue weighted by atomic mass is 10.0. The lowest BCUT2D eigenvalue weighted by Crippen LogP contribution is -2.17. The van der Waals surface area contributed by atoms with E-state index >= 15 is 0 Å². The molecular formula is C19H12F6N2OS. The van der Waals surface area contributed by atoms with Crippen molar-refractivity contribution < 1.29 is 31.1 Å². The summed E-state index contributed by atoms with van der Waals surface area (Å²) >= 11 is 1.00. The van der Waals surface area contributed by atoms with Gasteiger partial charge in [-0.05, 0) is 25.1 Å². The Kier molecular flexibility index (Phi) is 5.40. The molecule has 1 aromatic heterocycles. The van der Waals surface area contributed by atoms with Crippen molar-refractivity contribution in [3.05, 3.63) is 70.1 Å². The molecule has 0 aliphatic heterocycles. The average molecular weight is 430 g/mol. The van der Waals surface area contributed by atoms with Crippen LogP contribution in [0.5, 0.6) is 0 Å². The third-order valence-electron chi connectivity index (χ3n) is 3.92. The van der Waals surface area contributed by atoms with Gasteiger partial charge in [0.2, 0.25) is 0 Å². The maximum atomic E-state index is 12.9. The number of halogens is 6. The van der Waals surface area contributed by atoms with Gasteiger partial charge in [0, 0.05) is 16.5 Å². The number of nitrogens with one attached hydrogen (secondary N) is 1. The van der Waals surface area contributed by atoms with Crippen LogP contribution in [0, 0.1) is 6.92 Å². The number of rotatable bonds is 3. The van der Waals surface area contributed by atoms with Crippen LogP contribution >= 0.6 is 11.3 Å². The molecule has 10 heteroatoms. The van der Waals surface area contributed by atoms with E-state index in [0.717, 1.165) is 22.5 Å². The normalized spacial score (nSPS) is 12.1. The molecule has 2 aromatic carbocycles. The third kappa shape index (κ3) is 4.94. The Morgan fingerprint density at radius 3 is 2.00 bits per heavy atom. The molecule has 1 N–H and O–H groups in total. The highest BCUT2D eigenvalue weighted by atomic mass is 32.1. The van der Waals surface area contributed by atoms with Crippen LogP contribution < -0.4 is 5.32 Å². The molecule has 29 heavy (non-hydrogen) atoms. The standard InChI is InChI=1S/C19H12F6N2OS/c1-10-2-4-11(5-3-10)15-9-29-17(26-15)27-16(28)12-6-13(18(20,21)22)8-14(7-12)19(23,24)25/h2-9H,1H3,(H,26,27,28). The molecule has 0 spiro atoms. The number of aromatic nitrogens is 1. The molecule has 0 fully saturated rings. The van der Waals surface area contributed by atoms with E-state index in [1.54, 1.807) is 17.5 Å². The molecule has 0 saturated carbocycles. The lowest BCUT2D eigenvalue weighted by molar-refractivity contribution is -0.143. The molecule has 0 bridgehead atoms. The molecule has 0 radical (unpaired) electrons. The van der Waals surface area contributed by atoms with E-state index in [1.807, 2.05) is 19.1 Å². The van der Waals surface area contributed by atoms with Crippen molar-refractivity contribution in [1.82, 2.24) is 4.98 Å². The number of amides is 1. The number of carbonyl (C=O) groups is 1. The number of hydrogen-bond acceptors (Lipinski definition) is 3. The van der Waals surface area contributed by atoms with Crippen LogP contribution in [0.4, 0.5) is 31.5 Å². The van der Waals surface area contributed by atoms with Crippen molar-refractivity contribution in [3.63, 3.8) is 0 Å². The first kappa shape index (κ1) is 20.8. The summed E-state index contributed by atoms with van der Waals surface area (Å²) < 4.78 is 77.6. The zero-order chi connectivity index (χ0) is 21.4. The number of alkyl halides is 6. The molecule has 152 valence electrons. The summed E-state index contributed by atoms with van der Waals surface area (Å²) in [6.07, 6.45) is -10.1. The summed E-state index contributed by atoms with van der Waals surface area (Å²) in [4.78, 5) is 16.4. The van der Waals surface area contributed by atoms with Crippen LogP contribution in [0.3, 0.4) is 0 Å². The van der Waals surface area contributed by atoms with Gasteiger partial charge in [0.1, 0.15) is 0 Å². The molecule has 0 aliphatic carbocycles. The highest BCUT2D eigenvalue weighted by molar-refractivity contribution is 7.14. The number of carbonyl (C=O) groups excluding carboxylic acids is 1. The van der Waals surface area contributed by atoms with E-state index in [4.69, 9.17) is 0 Å².